The zero-order valence-electron chi connectivity index (χ0n) is 9.51. The molecule has 0 radical (unpaired) electrons. The van der Waals surface area contributed by atoms with Crippen LogP contribution in [0.1, 0.15) is 15.9 Å². The van der Waals surface area contributed by atoms with E-state index >= 15 is 0 Å². The van der Waals surface area contributed by atoms with E-state index in [2.05, 4.69) is 0 Å². The third kappa shape index (κ3) is 3.82. The first kappa shape index (κ1) is 14.7. The normalized spacial score (nSPS) is 9.61. The molecule has 1 heterocycles. The van der Waals surface area contributed by atoms with Crippen LogP contribution < -0.4 is 27.3 Å². The van der Waals surface area contributed by atoms with Crippen molar-refractivity contribution >= 4 is 17.5 Å². The molecule has 2 N–H and O–H groups in total. The van der Waals surface area contributed by atoms with Crippen LogP contribution in [0.25, 0.3) is 0 Å². The number of carbonyl (C=O) groups excluding carboxylic acids is 1. The van der Waals surface area contributed by atoms with Crippen LogP contribution in [-0.4, -0.2) is 5.91 Å². The topological polar surface area (TPSA) is 47.0 Å². The van der Waals surface area contributed by atoms with E-state index in [0.29, 0.717) is 10.6 Å². The first-order valence-electron chi connectivity index (χ1n) is 5.18. The van der Waals surface area contributed by atoms with Crippen molar-refractivity contribution in [3.63, 3.8) is 0 Å². The van der Waals surface area contributed by atoms with Gasteiger partial charge in [0.15, 0.2) is 18.9 Å². The number of pyridine rings is 1. The SMILES string of the molecule is NC(=O)c1ccc(C[n+]2ccc(Cl)cc2)cc1.[Br-]. The van der Waals surface area contributed by atoms with Crippen LogP contribution in [-0.2, 0) is 6.54 Å². The lowest BCUT2D eigenvalue weighted by Crippen LogP contribution is -3.00. The van der Waals surface area contributed by atoms with Crippen LogP contribution in [0.15, 0.2) is 48.8 Å². The molecular formula is C13H12BrClN2O. The van der Waals surface area contributed by atoms with Gasteiger partial charge in [-0.05, 0) is 12.1 Å². The third-order valence-electron chi connectivity index (χ3n) is 2.45. The fraction of sp³-hybridized carbons (Fsp3) is 0.0769. The summed E-state index contributed by atoms with van der Waals surface area (Å²) in [5.41, 5.74) is 6.80. The van der Waals surface area contributed by atoms with E-state index in [1.807, 2.05) is 41.2 Å². The highest BCUT2D eigenvalue weighted by atomic mass is 79.9. The molecule has 1 aromatic heterocycles. The number of hydrogen-bond donors (Lipinski definition) is 1. The number of aromatic nitrogens is 1. The Morgan fingerprint density at radius 1 is 1.11 bits per heavy atom. The Labute approximate surface area is 121 Å². The molecule has 0 bridgehead atoms. The summed E-state index contributed by atoms with van der Waals surface area (Å²) in [6, 6.07) is 10.9. The summed E-state index contributed by atoms with van der Waals surface area (Å²) >= 11 is 5.81. The van der Waals surface area contributed by atoms with Gasteiger partial charge in [-0.3, -0.25) is 4.79 Å². The monoisotopic (exact) mass is 326 g/mol. The van der Waals surface area contributed by atoms with E-state index in [1.165, 1.54) is 0 Å². The summed E-state index contributed by atoms with van der Waals surface area (Å²) in [6.07, 6.45) is 3.81. The van der Waals surface area contributed by atoms with E-state index in [-0.39, 0.29) is 17.0 Å². The van der Waals surface area contributed by atoms with Gasteiger partial charge in [-0.25, -0.2) is 4.57 Å². The quantitative estimate of drug-likeness (QED) is 0.706. The molecule has 0 aliphatic rings. The van der Waals surface area contributed by atoms with Crippen LogP contribution in [0.5, 0.6) is 0 Å². The Balaban J connectivity index is 0.00000162. The molecule has 0 saturated carbocycles. The maximum absolute atomic E-state index is 10.9. The number of halogens is 2. The van der Waals surface area contributed by atoms with E-state index in [1.54, 1.807) is 12.1 Å². The van der Waals surface area contributed by atoms with Crippen LogP contribution in [0.3, 0.4) is 0 Å². The van der Waals surface area contributed by atoms with Gasteiger partial charge in [0.1, 0.15) is 0 Å². The highest BCUT2D eigenvalue weighted by molar-refractivity contribution is 6.30. The van der Waals surface area contributed by atoms with Crippen LogP contribution in [0, 0.1) is 0 Å². The maximum atomic E-state index is 10.9. The van der Waals surface area contributed by atoms with Gasteiger partial charge in [0, 0.05) is 23.3 Å². The summed E-state index contributed by atoms with van der Waals surface area (Å²) in [7, 11) is 0. The Bertz CT molecular complexity index is 526. The van der Waals surface area contributed by atoms with Crippen molar-refractivity contribution in [3.05, 3.63) is 64.9 Å². The Morgan fingerprint density at radius 2 is 1.67 bits per heavy atom. The number of nitrogens with two attached hydrogens (primary N) is 1. The van der Waals surface area contributed by atoms with Gasteiger partial charge in [-0.2, -0.15) is 0 Å². The number of hydrogen-bond acceptors (Lipinski definition) is 1. The molecule has 94 valence electrons. The largest absolute Gasteiger partial charge is 1.00 e. The summed E-state index contributed by atoms with van der Waals surface area (Å²) in [4.78, 5) is 10.9. The molecule has 1 aromatic carbocycles. The first-order valence-corrected chi connectivity index (χ1v) is 5.56. The molecule has 5 heteroatoms. The van der Waals surface area contributed by atoms with Gasteiger partial charge in [0.2, 0.25) is 5.91 Å². The summed E-state index contributed by atoms with van der Waals surface area (Å²) < 4.78 is 2.01. The smallest absolute Gasteiger partial charge is 0.248 e. The third-order valence-corrected chi connectivity index (χ3v) is 2.71. The summed E-state index contributed by atoms with van der Waals surface area (Å²) in [5, 5.41) is 0.713. The highest BCUT2D eigenvalue weighted by Gasteiger charge is 2.04. The highest BCUT2D eigenvalue weighted by Crippen LogP contribution is 2.05. The molecule has 0 fully saturated rings. The van der Waals surface area contributed by atoms with Gasteiger partial charge >= 0.3 is 0 Å². The molecule has 0 spiro atoms. The molecule has 0 unspecified atom stereocenters. The van der Waals surface area contributed by atoms with Gasteiger partial charge in [0.05, 0.1) is 5.02 Å². The molecule has 2 rings (SSSR count). The molecule has 18 heavy (non-hydrogen) atoms. The van der Waals surface area contributed by atoms with Crippen molar-refractivity contribution in [2.45, 2.75) is 6.54 Å². The van der Waals surface area contributed by atoms with Crippen molar-refractivity contribution in [1.82, 2.24) is 0 Å². The predicted molar refractivity (Wildman–Crippen MR) is 65.7 cm³/mol. The van der Waals surface area contributed by atoms with E-state index in [0.717, 1.165) is 12.1 Å². The molecule has 2 aromatic rings. The minimum Gasteiger partial charge on any atom is -1.00 e. The molecule has 0 saturated heterocycles. The lowest BCUT2D eigenvalue weighted by Gasteiger charge is -1.99. The molecule has 0 aliphatic carbocycles. The van der Waals surface area contributed by atoms with Gasteiger partial charge in [-0.15, -0.1) is 0 Å². The first-order chi connectivity index (χ1) is 8.15. The molecule has 0 aliphatic heterocycles. The zero-order valence-corrected chi connectivity index (χ0v) is 11.9. The lowest BCUT2D eigenvalue weighted by atomic mass is 10.1. The van der Waals surface area contributed by atoms with Crippen LogP contribution >= 0.6 is 11.6 Å². The molecule has 3 nitrogen and oxygen atoms in total. The van der Waals surface area contributed by atoms with Crippen LogP contribution in [0.2, 0.25) is 5.02 Å². The van der Waals surface area contributed by atoms with Crippen molar-refractivity contribution < 1.29 is 26.3 Å². The second kappa shape index (κ2) is 6.52. The lowest BCUT2D eigenvalue weighted by molar-refractivity contribution is -0.688. The fourth-order valence-corrected chi connectivity index (χ4v) is 1.64. The van der Waals surface area contributed by atoms with Gasteiger partial charge in [0.25, 0.3) is 0 Å². The Hall–Kier alpha value is -1.39. The average Bonchev–Trinajstić information content (AvgIpc) is 2.33. The standard InChI is InChI=1S/C13H11ClN2O.BrH/c14-12-5-7-16(8-6-12)9-10-1-3-11(4-2-10)13(15)17;/h1-8H,9H2,(H-,15,17);1H. The second-order valence-corrected chi connectivity index (χ2v) is 4.19. The molecule has 0 atom stereocenters. The Kier molecular flexibility index (Phi) is 5.31. The van der Waals surface area contributed by atoms with Crippen molar-refractivity contribution in [2.75, 3.05) is 0 Å². The zero-order chi connectivity index (χ0) is 12.3. The number of nitrogens with zero attached hydrogens (tertiary/aromatic N) is 1. The summed E-state index contributed by atoms with van der Waals surface area (Å²) in [5.74, 6) is -0.407. The van der Waals surface area contributed by atoms with Crippen molar-refractivity contribution in [2.24, 2.45) is 5.73 Å². The Morgan fingerprint density at radius 3 is 2.17 bits per heavy atom. The second-order valence-electron chi connectivity index (χ2n) is 3.75. The average molecular weight is 328 g/mol. The van der Waals surface area contributed by atoms with E-state index < -0.39 is 5.91 Å². The van der Waals surface area contributed by atoms with Crippen LogP contribution in [0.4, 0.5) is 0 Å². The van der Waals surface area contributed by atoms with E-state index in [9.17, 15) is 4.79 Å². The molecule has 1 amide bonds. The van der Waals surface area contributed by atoms with E-state index in [4.69, 9.17) is 17.3 Å². The predicted octanol–water partition coefficient (Wildman–Crippen LogP) is -1.22. The number of benzene rings is 1. The number of amides is 1. The fourth-order valence-electron chi connectivity index (χ4n) is 1.53. The van der Waals surface area contributed by atoms with Crippen molar-refractivity contribution in [3.8, 4) is 0 Å². The van der Waals surface area contributed by atoms with Gasteiger partial charge < -0.3 is 22.7 Å². The van der Waals surface area contributed by atoms with Crippen molar-refractivity contribution in [1.29, 1.82) is 0 Å². The number of primary amides is 1. The number of carbonyl (C=O) groups is 1. The minimum atomic E-state index is -0.407. The molecular weight excluding hydrogens is 316 g/mol. The minimum absolute atomic E-state index is 0. The summed E-state index contributed by atoms with van der Waals surface area (Å²) in [6.45, 7) is 0.732. The van der Waals surface area contributed by atoms with Gasteiger partial charge in [-0.1, -0.05) is 23.7 Å². The number of rotatable bonds is 3. The maximum Gasteiger partial charge on any atom is 0.248 e.